The zero-order chi connectivity index (χ0) is 23.1. The molecule has 0 aromatic heterocycles. The van der Waals surface area contributed by atoms with E-state index in [4.69, 9.17) is 0 Å². The van der Waals surface area contributed by atoms with E-state index in [0.29, 0.717) is 38.5 Å². The summed E-state index contributed by atoms with van der Waals surface area (Å²) in [6.07, 6.45) is 2.84. The molecule has 13 heteroatoms. The largest absolute Gasteiger partial charge is 0.469 e. The molecular weight excluding hydrogens is 465 g/mol. The van der Waals surface area contributed by atoms with E-state index in [1.165, 1.54) is 0 Å². The van der Waals surface area contributed by atoms with E-state index in [1.807, 2.05) is 0 Å². The third-order valence-electron chi connectivity index (χ3n) is 4.63. The lowest BCUT2D eigenvalue weighted by atomic mass is 10.4. The number of hydrogen-bond donors (Lipinski definition) is 0. The third kappa shape index (κ3) is 7.52. The molecule has 0 bridgehead atoms. The molecule has 0 aliphatic rings. The lowest BCUT2D eigenvalue weighted by molar-refractivity contribution is -0.0453. The Morgan fingerprint density at radius 1 is 0.655 bits per heavy atom. The van der Waals surface area contributed by atoms with Gasteiger partial charge in [-0.05, 0) is 37.3 Å². The molecule has 0 atom stereocenters. The molecule has 0 radical (unpaired) electrons. The van der Waals surface area contributed by atoms with Crippen molar-refractivity contribution in [1.82, 2.24) is 0 Å². The van der Waals surface area contributed by atoms with Gasteiger partial charge in [0, 0.05) is 0 Å². The van der Waals surface area contributed by atoms with Gasteiger partial charge < -0.3 is 0 Å². The molecule has 29 heavy (non-hydrogen) atoms. The van der Waals surface area contributed by atoms with Gasteiger partial charge >= 0.3 is 11.0 Å². The summed E-state index contributed by atoms with van der Waals surface area (Å²) >= 11 is 0. The van der Waals surface area contributed by atoms with Crippen LogP contribution >= 0.6 is 7.26 Å². The van der Waals surface area contributed by atoms with Crippen LogP contribution in [0, 0.1) is 4.58 Å². The van der Waals surface area contributed by atoms with Gasteiger partial charge in [0.1, 0.15) is 19.7 Å². The Bertz CT molecular complexity index is 636. The van der Waals surface area contributed by atoms with Crippen molar-refractivity contribution in [3.05, 3.63) is 4.58 Å². The molecule has 0 rings (SSSR count). The third-order valence-corrected chi connectivity index (χ3v) is 13.9. The molecule has 0 saturated carbocycles. The Balaban J connectivity index is 6.57. The topological polar surface area (TPSA) is 68.3 Å². The van der Waals surface area contributed by atoms with Gasteiger partial charge in [-0.1, -0.05) is 40.0 Å². The van der Waals surface area contributed by atoms with Gasteiger partial charge in [0.15, 0.2) is 0 Å². The lowest BCUT2D eigenvalue weighted by Crippen LogP contribution is -2.42. The minimum Gasteiger partial charge on any atom is -0.252 e. The highest BCUT2D eigenvalue weighted by atomic mass is 32.3. The quantitative estimate of drug-likeness (QED) is 0.185. The second-order valence-electron chi connectivity index (χ2n) is 7.00. The van der Waals surface area contributed by atoms with E-state index in [0.717, 1.165) is 0 Å². The van der Waals surface area contributed by atoms with E-state index in [1.54, 1.807) is 20.8 Å². The second kappa shape index (κ2) is 11.0. The Labute approximate surface area is 170 Å². The summed E-state index contributed by atoms with van der Waals surface area (Å²) in [5.41, 5.74) is -12.3. The fraction of sp³-hybridized carbons (Fsp3) is 0.938. The number of hydrogen-bond acceptors (Lipinski definition) is 4. The first-order valence-corrected chi connectivity index (χ1v) is 14.9. The molecule has 0 aliphatic carbocycles. The highest BCUT2D eigenvalue weighted by Gasteiger charge is 2.56. The van der Waals surface area contributed by atoms with Crippen LogP contribution in [0.15, 0.2) is 0 Å². The van der Waals surface area contributed by atoms with Gasteiger partial charge in [-0.15, -0.1) is 0 Å². The summed E-state index contributed by atoms with van der Waals surface area (Å²) in [4.78, 5) is 0. The monoisotopic (exact) mass is 494 g/mol. The Morgan fingerprint density at radius 2 is 0.931 bits per heavy atom. The molecule has 0 unspecified atom stereocenters. The summed E-state index contributed by atoms with van der Waals surface area (Å²) in [6, 6.07) is 0. The van der Waals surface area contributed by atoms with Crippen LogP contribution in [0.3, 0.4) is 0 Å². The van der Waals surface area contributed by atoms with Crippen LogP contribution in [0.4, 0.5) is 26.3 Å². The van der Waals surface area contributed by atoms with Gasteiger partial charge in [-0.3, -0.25) is 16.8 Å². The van der Waals surface area contributed by atoms with Crippen LogP contribution in [0.25, 0.3) is 0 Å². The first-order chi connectivity index (χ1) is 13.0. The highest BCUT2D eigenvalue weighted by Crippen LogP contribution is 2.64. The normalized spacial score (nSPS) is 14.6. The van der Waals surface area contributed by atoms with E-state index in [-0.39, 0.29) is 18.5 Å². The second-order valence-corrected chi connectivity index (χ2v) is 15.5. The molecule has 176 valence electrons. The maximum Gasteiger partial charge on any atom is 0.469 e. The van der Waals surface area contributed by atoms with Crippen LogP contribution in [-0.2, 0) is 19.7 Å². The van der Waals surface area contributed by atoms with Crippen molar-refractivity contribution in [2.24, 2.45) is 0 Å². The Hall–Kier alpha value is -0.0900. The molecule has 0 N–H and O–H groups in total. The first-order valence-electron chi connectivity index (χ1n) is 9.36. The van der Waals surface area contributed by atoms with E-state index in [2.05, 4.69) is 0 Å². The molecule has 0 heterocycles. The number of sulfone groups is 2. The van der Waals surface area contributed by atoms with Crippen LogP contribution < -0.4 is 0 Å². The zero-order valence-corrected chi connectivity index (χ0v) is 19.3. The summed E-state index contributed by atoms with van der Waals surface area (Å²) in [5, 5.41) is 0. The average molecular weight is 494 g/mol. The van der Waals surface area contributed by atoms with Crippen molar-refractivity contribution >= 4 is 26.9 Å². The van der Waals surface area contributed by atoms with E-state index in [9.17, 15) is 43.2 Å². The zero-order valence-electron chi connectivity index (χ0n) is 16.7. The summed E-state index contributed by atoms with van der Waals surface area (Å²) in [5.74, 6) is 0. The predicted molar refractivity (Wildman–Crippen MR) is 104 cm³/mol. The Morgan fingerprint density at radius 3 is 1.14 bits per heavy atom. The average Bonchev–Trinajstić information content (AvgIpc) is 2.58. The van der Waals surface area contributed by atoms with Crippen LogP contribution in [-0.4, -0.2) is 52.5 Å². The van der Waals surface area contributed by atoms with Crippen molar-refractivity contribution in [3.63, 3.8) is 0 Å². The number of alkyl halides is 6. The maximum atomic E-state index is 13.1. The van der Waals surface area contributed by atoms with Crippen molar-refractivity contribution in [2.45, 2.75) is 70.3 Å². The van der Waals surface area contributed by atoms with Crippen LogP contribution in [0.5, 0.6) is 0 Å². The van der Waals surface area contributed by atoms with Gasteiger partial charge in [-0.25, -0.2) is 0 Å². The molecule has 0 spiro atoms. The van der Waals surface area contributed by atoms with Crippen LogP contribution in [0.2, 0.25) is 0 Å². The lowest BCUT2D eigenvalue weighted by Gasteiger charge is -2.38. The van der Waals surface area contributed by atoms with Crippen molar-refractivity contribution in [3.8, 4) is 0 Å². The molecule has 0 saturated heterocycles. The van der Waals surface area contributed by atoms with E-state index < -0.39 is 48.7 Å². The maximum absolute atomic E-state index is 13.1. The van der Waals surface area contributed by atoms with Gasteiger partial charge in [0.2, 0.25) is 0 Å². The standard InChI is InChI=1S/C16H29F6O4PS2/c1-4-7-10-27(11-8-5-2,12-9-6-3)13-14(28(23,24)15(17,18)19)29(25,26)16(20,21)22/h4-13H2,1-3H3. The number of rotatable bonds is 13. The smallest absolute Gasteiger partial charge is 0.252 e. The molecule has 0 aliphatic heterocycles. The summed E-state index contributed by atoms with van der Waals surface area (Å²) in [6.45, 7) is 5.37. The van der Waals surface area contributed by atoms with E-state index >= 15 is 0 Å². The highest BCUT2D eigenvalue weighted by molar-refractivity contribution is 8.14. The van der Waals surface area contributed by atoms with Crippen molar-refractivity contribution < 1.29 is 43.2 Å². The van der Waals surface area contributed by atoms with Crippen LogP contribution in [0.1, 0.15) is 59.3 Å². The number of halogens is 6. The molecule has 0 aromatic rings. The van der Waals surface area contributed by atoms with Crippen molar-refractivity contribution in [2.75, 3.05) is 24.6 Å². The summed E-state index contributed by atoms with van der Waals surface area (Å²) < 4.78 is 124. The van der Waals surface area contributed by atoms with Crippen molar-refractivity contribution in [1.29, 1.82) is 0 Å². The SMILES string of the molecule is CCCC[P+](CCCC)(CCCC)C[C-](S(=O)(=O)C(F)(F)F)S(=O)(=O)C(F)(F)F. The fourth-order valence-electron chi connectivity index (χ4n) is 2.90. The molecule has 0 fully saturated rings. The molecule has 0 aromatic carbocycles. The molecule has 0 amide bonds. The molecule has 4 nitrogen and oxygen atoms in total. The fourth-order valence-corrected chi connectivity index (χ4v) is 12.8. The minimum absolute atomic E-state index is 0.258. The van der Waals surface area contributed by atoms with Gasteiger partial charge in [0.25, 0.3) is 0 Å². The predicted octanol–water partition coefficient (Wildman–Crippen LogP) is 5.76. The Kier molecular flexibility index (Phi) is 10.9. The summed E-state index contributed by atoms with van der Waals surface area (Å²) in [7, 11) is -16.0. The van der Waals surface area contributed by atoms with Gasteiger partial charge in [-0.2, -0.15) is 26.3 Å². The first kappa shape index (κ1) is 28.9. The molecular formula is C16H29F6O4PS2. The minimum atomic E-state index is -6.65. The number of unbranched alkanes of at least 4 members (excludes halogenated alkanes) is 3. The van der Waals surface area contributed by atoms with Gasteiger partial charge in [0.05, 0.1) is 18.5 Å².